The van der Waals surface area contributed by atoms with Crippen molar-refractivity contribution in [3.8, 4) is 0 Å². The van der Waals surface area contributed by atoms with Crippen LogP contribution in [-0.4, -0.2) is 78.9 Å². The van der Waals surface area contributed by atoms with Gasteiger partial charge in [0.05, 0.1) is 22.8 Å². The molecule has 0 bridgehead atoms. The van der Waals surface area contributed by atoms with Gasteiger partial charge in [0.2, 0.25) is 5.91 Å². The zero-order valence-electron chi connectivity index (χ0n) is 20.0. The van der Waals surface area contributed by atoms with Gasteiger partial charge in [-0.05, 0) is 36.6 Å². The van der Waals surface area contributed by atoms with Crippen LogP contribution in [0.5, 0.6) is 0 Å². The summed E-state index contributed by atoms with van der Waals surface area (Å²) in [6, 6.07) is 5.19. The average Bonchev–Trinajstić information content (AvgIpc) is 3.55. The number of aromatic nitrogens is 1. The summed E-state index contributed by atoms with van der Waals surface area (Å²) in [5.74, 6) is 0.0479. The van der Waals surface area contributed by atoms with E-state index in [-0.39, 0.29) is 23.3 Å². The third-order valence-corrected chi connectivity index (χ3v) is 9.00. The number of hydrogen-bond acceptors (Lipinski definition) is 7. The molecule has 2 aromatic rings. The highest BCUT2D eigenvalue weighted by Crippen LogP contribution is 2.47. The highest BCUT2D eigenvalue weighted by molar-refractivity contribution is 8.02. The SMILES string of the molecule is CCC(Sc1cnc(NC(=O)N2CC3(CCN(C(=O)OC)C3)c3cc(Cl)ccc32)s1)C(=O)N(C)C. The summed E-state index contributed by atoms with van der Waals surface area (Å²) in [7, 11) is 4.85. The number of likely N-dealkylation sites (tertiary alicyclic amines) is 1. The molecule has 1 N–H and O–H groups in total. The molecule has 2 atom stereocenters. The van der Waals surface area contributed by atoms with Gasteiger partial charge in [0.1, 0.15) is 0 Å². The summed E-state index contributed by atoms with van der Waals surface area (Å²) >= 11 is 9.10. The largest absolute Gasteiger partial charge is 0.453 e. The maximum atomic E-state index is 13.3. The van der Waals surface area contributed by atoms with Crippen LogP contribution in [0.4, 0.5) is 20.4 Å². The summed E-state index contributed by atoms with van der Waals surface area (Å²) in [5, 5.41) is 3.74. The van der Waals surface area contributed by atoms with E-state index in [1.165, 1.54) is 30.2 Å². The fourth-order valence-electron chi connectivity index (χ4n) is 4.60. The zero-order valence-corrected chi connectivity index (χ0v) is 22.4. The van der Waals surface area contributed by atoms with Crippen molar-refractivity contribution in [2.24, 2.45) is 0 Å². The first kappa shape index (κ1) is 25.6. The lowest BCUT2D eigenvalue weighted by Gasteiger charge is -2.25. The van der Waals surface area contributed by atoms with Crippen LogP contribution in [0.3, 0.4) is 0 Å². The second kappa shape index (κ2) is 10.2. The van der Waals surface area contributed by atoms with Gasteiger partial charge in [-0.25, -0.2) is 14.6 Å². The number of carbonyl (C=O) groups is 3. The monoisotopic (exact) mass is 537 g/mol. The molecule has 1 spiro atoms. The number of anilines is 2. The minimum atomic E-state index is -0.406. The van der Waals surface area contributed by atoms with Gasteiger partial charge in [0, 0.05) is 49.9 Å². The summed E-state index contributed by atoms with van der Waals surface area (Å²) in [4.78, 5) is 47.1. The maximum Gasteiger partial charge on any atom is 0.409 e. The molecule has 1 aromatic heterocycles. The van der Waals surface area contributed by atoms with Gasteiger partial charge in [0.25, 0.3) is 0 Å². The topological polar surface area (TPSA) is 95.1 Å². The minimum Gasteiger partial charge on any atom is -0.453 e. The second-order valence-corrected chi connectivity index (χ2v) is 11.8. The number of thioether (sulfide) groups is 1. The third-order valence-electron chi connectivity index (χ3n) is 6.36. The molecule has 1 fully saturated rings. The van der Waals surface area contributed by atoms with Crippen LogP contribution >= 0.6 is 34.7 Å². The number of benzene rings is 1. The van der Waals surface area contributed by atoms with Gasteiger partial charge >= 0.3 is 12.1 Å². The first-order valence-electron chi connectivity index (χ1n) is 11.2. The van der Waals surface area contributed by atoms with Gasteiger partial charge in [-0.15, -0.1) is 11.8 Å². The number of urea groups is 1. The normalized spacial score (nSPS) is 19.6. The Morgan fingerprint density at radius 2 is 2.11 bits per heavy atom. The number of hydrogen-bond donors (Lipinski definition) is 1. The highest BCUT2D eigenvalue weighted by atomic mass is 35.5. The predicted molar refractivity (Wildman–Crippen MR) is 139 cm³/mol. The Kier molecular flexibility index (Phi) is 7.48. The van der Waals surface area contributed by atoms with E-state index in [4.69, 9.17) is 16.3 Å². The molecule has 0 radical (unpaired) electrons. The highest BCUT2D eigenvalue weighted by Gasteiger charge is 2.50. The van der Waals surface area contributed by atoms with Crippen molar-refractivity contribution in [2.45, 2.75) is 34.6 Å². The van der Waals surface area contributed by atoms with E-state index in [9.17, 15) is 14.4 Å². The lowest BCUT2D eigenvalue weighted by molar-refractivity contribution is -0.128. The molecule has 0 saturated carbocycles. The predicted octanol–water partition coefficient (Wildman–Crippen LogP) is 4.52. The van der Waals surface area contributed by atoms with Crippen molar-refractivity contribution < 1.29 is 19.1 Å². The van der Waals surface area contributed by atoms with Gasteiger partial charge in [-0.2, -0.15) is 0 Å². The third kappa shape index (κ3) is 5.07. The first-order valence-corrected chi connectivity index (χ1v) is 13.3. The van der Waals surface area contributed by atoms with E-state index in [1.807, 2.05) is 19.1 Å². The Bertz CT molecular complexity index is 1140. The van der Waals surface area contributed by atoms with Crippen molar-refractivity contribution in [3.05, 3.63) is 35.0 Å². The fraction of sp³-hybridized carbons (Fsp3) is 0.478. The minimum absolute atomic E-state index is 0.0479. The smallest absolute Gasteiger partial charge is 0.409 e. The number of fused-ring (bicyclic) bond motifs is 2. The van der Waals surface area contributed by atoms with Crippen molar-refractivity contribution in [2.75, 3.05) is 51.1 Å². The number of nitrogens with zero attached hydrogens (tertiary/aromatic N) is 4. The number of amides is 4. The zero-order chi connectivity index (χ0) is 25.3. The lowest BCUT2D eigenvalue weighted by Crippen LogP contribution is -2.41. The molecule has 9 nitrogen and oxygen atoms in total. The Hall–Kier alpha value is -2.50. The van der Waals surface area contributed by atoms with E-state index in [0.717, 1.165) is 15.5 Å². The lowest BCUT2D eigenvalue weighted by atomic mass is 9.81. The number of ether oxygens (including phenoxy) is 1. The van der Waals surface area contributed by atoms with Crippen LogP contribution in [0, 0.1) is 0 Å². The molecule has 12 heteroatoms. The van der Waals surface area contributed by atoms with Crippen molar-refractivity contribution in [3.63, 3.8) is 0 Å². The van der Waals surface area contributed by atoms with Crippen LogP contribution in [0.15, 0.2) is 28.6 Å². The Morgan fingerprint density at radius 1 is 1.34 bits per heavy atom. The van der Waals surface area contributed by atoms with Crippen LogP contribution in [-0.2, 0) is 14.9 Å². The number of nitrogens with one attached hydrogen (secondary N) is 1. The van der Waals surface area contributed by atoms with Gasteiger partial charge in [-0.1, -0.05) is 29.9 Å². The first-order chi connectivity index (χ1) is 16.7. The molecule has 2 aliphatic heterocycles. The Morgan fingerprint density at radius 3 is 2.80 bits per heavy atom. The van der Waals surface area contributed by atoms with Gasteiger partial charge < -0.3 is 14.5 Å². The molecule has 0 aliphatic carbocycles. The van der Waals surface area contributed by atoms with Gasteiger partial charge in [-0.3, -0.25) is 15.0 Å². The number of methoxy groups -OCH3 is 1. The molecule has 3 heterocycles. The van der Waals surface area contributed by atoms with Crippen molar-refractivity contribution >= 4 is 63.6 Å². The van der Waals surface area contributed by atoms with E-state index in [0.29, 0.717) is 42.6 Å². The standard InChI is InChI=1S/C23H28ClN5O4S2/c1-5-17(19(30)27(2)3)34-18-11-25-20(35-18)26-21(31)29-13-23(8-9-28(12-23)22(32)33-4)15-10-14(24)6-7-16(15)29/h6-7,10-11,17H,5,8-9,12-13H2,1-4H3,(H,25,26,31). The molecule has 35 heavy (non-hydrogen) atoms. The molecule has 1 saturated heterocycles. The summed E-state index contributed by atoms with van der Waals surface area (Å²) in [6.45, 7) is 3.39. The molecule has 4 amide bonds. The number of thiazole rings is 1. The fourth-order valence-corrected chi connectivity index (χ4v) is 6.96. The van der Waals surface area contributed by atoms with Crippen molar-refractivity contribution in [1.82, 2.24) is 14.8 Å². The van der Waals surface area contributed by atoms with Crippen LogP contribution in [0.1, 0.15) is 25.3 Å². The molecule has 2 aliphatic rings. The molecule has 2 unspecified atom stereocenters. The molecule has 188 valence electrons. The molecule has 4 rings (SSSR count). The molecular formula is C23H28ClN5O4S2. The van der Waals surface area contributed by atoms with Crippen LogP contribution < -0.4 is 10.2 Å². The van der Waals surface area contributed by atoms with Gasteiger partial charge in [0.15, 0.2) is 5.13 Å². The number of halogens is 1. The molecular weight excluding hydrogens is 510 g/mol. The average molecular weight is 538 g/mol. The van der Waals surface area contributed by atoms with E-state index in [2.05, 4.69) is 10.3 Å². The summed E-state index contributed by atoms with van der Waals surface area (Å²) in [5.41, 5.74) is 1.32. The van der Waals surface area contributed by atoms with Crippen LogP contribution in [0.2, 0.25) is 5.02 Å². The number of rotatable bonds is 5. The molecule has 1 aromatic carbocycles. The summed E-state index contributed by atoms with van der Waals surface area (Å²) < 4.78 is 5.76. The van der Waals surface area contributed by atoms with E-state index >= 15 is 0 Å². The Balaban J connectivity index is 1.50. The van der Waals surface area contributed by atoms with Crippen LogP contribution in [0.25, 0.3) is 0 Å². The van der Waals surface area contributed by atoms with Crippen molar-refractivity contribution in [1.29, 1.82) is 0 Å². The Labute approximate surface area is 217 Å². The van der Waals surface area contributed by atoms with E-state index < -0.39 is 5.41 Å². The van der Waals surface area contributed by atoms with E-state index in [1.54, 1.807) is 41.1 Å². The maximum absolute atomic E-state index is 13.3. The summed E-state index contributed by atoms with van der Waals surface area (Å²) in [6.07, 6.45) is 2.70. The quantitative estimate of drug-likeness (QED) is 0.564. The second-order valence-electron chi connectivity index (χ2n) is 8.83. The number of carbonyl (C=O) groups excluding carboxylic acids is 3.